The first-order valence-corrected chi connectivity index (χ1v) is 14.0. The Kier molecular flexibility index (Phi) is 6.89. The molecule has 2 aliphatic heterocycles. The summed E-state index contributed by atoms with van der Waals surface area (Å²) in [6, 6.07) is 6.77. The van der Waals surface area contributed by atoms with Gasteiger partial charge in [0, 0.05) is 48.7 Å². The first kappa shape index (κ1) is 26.0. The smallest absolute Gasteiger partial charge is 0.234 e. The van der Waals surface area contributed by atoms with E-state index in [0.717, 1.165) is 30.7 Å². The number of thiazole rings is 1. The predicted octanol–water partition coefficient (Wildman–Crippen LogP) is 4.78. The standard InChI is InChI=1S/C27H26ClF2N7OS/c1-36-8-2-3-14(36)13-38-26-17(12-31)24(37-9-6-33-7-10-37)16-11-18(28)20(21(30)22(16)34-26)15-4-5-19(29)25-23(15)35-27(32)39-25/h4-5,11,14,33H,2-3,6-10,13H2,1H3,(H2,32,35)/t14-/m1/s1. The molecule has 0 amide bonds. The summed E-state index contributed by atoms with van der Waals surface area (Å²) in [7, 11) is 2.04. The zero-order chi connectivity index (χ0) is 27.3. The van der Waals surface area contributed by atoms with E-state index < -0.39 is 11.6 Å². The highest BCUT2D eigenvalue weighted by Gasteiger charge is 2.29. The number of piperazine rings is 1. The summed E-state index contributed by atoms with van der Waals surface area (Å²) in [5, 5.41) is 14.2. The number of nitrogens with one attached hydrogen (secondary N) is 1. The first-order chi connectivity index (χ1) is 18.9. The number of nitrogens with zero attached hydrogens (tertiary/aromatic N) is 5. The van der Waals surface area contributed by atoms with Crippen LogP contribution in [0.5, 0.6) is 5.88 Å². The van der Waals surface area contributed by atoms with E-state index in [1.807, 2.05) is 11.9 Å². The Morgan fingerprint density at radius 1 is 1.23 bits per heavy atom. The van der Waals surface area contributed by atoms with Crippen molar-refractivity contribution in [1.29, 1.82) is 5.26 Å². The molecular weight excluding hydrogens is 544 g/mol. The molecule has 4 heterocycles. The van der Waals surface area contributed by atoms with Crippen molar-refractivity contribution in [2.24, 2.45) is 0 Å². The number of hydrogen-bond acceptors (Lipinski definition) is 9. The van der Waals surface area contributed by atoms with Crippen molar-refractivity contribution in [2.45, 2.75) is 18.9 Å². The SMILES string of the molecule is CN1CCC[C@@H]1COc1nc2c(F)c(-c3ccc(F)c4sc(N)nc34)c(Cl)cc2c(N2CCNCC2)c1C#N. The molecule has 0 spiro atoms. The van der Waals surface area contributed by atoms with Crippen molar-refractivity contribution < 1.29 is 13.5 Å². The van der Waals surface area contributed by atoms with E-state index in [4.69, 9.17) is 22.1 Å². The molecule has 3 N–H and O–H groups in total. The molecule has 2 fully saturated rings. The number of likely N-dealkylation sites (N-methyl/N-ethyl adjacent to an activating group) is 1. The molecule has 6 rings (SSSR count). The van der Waals surface area contributed by atoms with Crippen LogP contribution in [0.1, 0.15) is 18.4 Å². The molecule has 0 saturated carbocycles. The summed E-state index contributed by atoms with van der Waals surface area (Å²) in [5.74, 6) is -1.10. The quantitative estimate of drug-likeness (QED) is 0.354. The number of halogens is 3. The second-order valence-electron chi connectivity index (χ2n) is 9.85. The highest BCUT2D eigenvalue weighted by atomic mass is 35.5. The maximum Gasteiger partial charge on any atom is 0.234 e. The number of anilines is 2. The molecule has 2 aromatic heterocycles. The van der Waals surface area contributed by atoms with Crippen LogP contribution in [0, 0.1) is 23.0 Å². The highest BCUT2D eigenvalue weighted by molar-refractivity contribution is 7.22. The van der Waals surface area contributed by atoms with Crippen LogP contribution >= 0.6 is 22.9 Å². The molecule has 1 atom stereocenters. The molecule has 202 valence electrons. The summed E-state index contributed by atoms with van der Waals surface area (Å²) >= 11 is 7.72. The van der Waals surface area contributed by atoms with Crippen LogP contribution in [0.15, 0.2) is 18.2 Å². The number of likely N-dealkylation sites (tertiary alicyclic amines) is 1. The molecule has 2 saturated heterocycles. The van der Waals surface area contributed by atoms with Gasteiger partial charge in [0.05, 0.1) is 20.9 Å². The molecule has 8 nitrogen and oxygen atoms in total. The molecule has 0 aliphatic carbocycles. The lowest BCUT2D eigenvalue weighted by molar-refractivity contribution is 0.193. The number of pyridine rings is 1. The van der Waals surface area contributed by atoms with Crippen molar-refractivity contribution in [2.75, 3.05) is 57.0 Å². The van der Waals surface area contributed by atoms with Gasteiger partial charge in [-0.2, -0.15) is 5.26 Å². The van der Waals surface area contributed by atoms with Crippen LogP contribution in [0.25, 0.3) is 32.2 Å². The third-order valence-corrected chi connectivity index (χ3v) is 8.71. The van der Waals surface area contributed by atoms with Gasteiger partial charge in [0.25, 0.3) is 0 Å². The van der Waals surface area contributed by atoms with E-state index in [0.29, 0.717) is 49.4 Å². The molecule has 4 aromatic rings. The molecule has 0 radical (unpaired) electrons. The fourth-order valence-electron chi connectivity index (χ4n) is 5.52. The second kappa shape index (κ2) is 10.4. The predicted molar refractivity (Wildman–Crippen MR) is 151 cm³/mol. The number of nitrogen functional groups attached to an aromatic ring is 1. The van der Waals surface area contributed by atoms with E-state index in [-0.39, 0.29) is 48.9 Å². The third kappa shape index (κ3) is 4.51. The number of rotatable bonds is 5. The molecule has 2 aliphatic rings. The van der Waals surface area contributed by atoms with Gasteiger partial charge >= 0.3 is 0 Å². The number of aromatic nitrogens is 2. The highest BCUT2D eigenvalue weighted by Crippen LogP contribution is 2.44. The van der Waals surface area contributed by atoms with Crippen LogP contribution in [0.4, 0.5) is 19.6 Å². The number of nitriles is 1. The summed E-state index contributed by atoms with van der Waals surface area (Å²) in [5.41, 5.74) is 7.28. The van der Waals surface area contributed by atoms with Gasteiger partial charge in [0.1, 0.15) is 29.6 Å². The minimum absolute atomic E-state index is 0.0254. The Morgan fingerprint density at radius 3 is 2.74 bits per heavy atom. The minimum Gasteiger partial charge on any atom is -0.475 e. The summed E-state index contributed by atoms with van der Waals surface area (Å²) in [6.07, 6.45) is 2.04. The van der Waals surface area contributed by atoms with Gasteiger partial charge in [-0.25, -0.2) is 18.7 Å². The largest absolute Gasteiger partial charge is 0.475 e. The topological polar surface area (TPSA) is 103 Å². The van der Waals surface area contributed by atoms with Crippen LogP contribution in [-0.2, 0) is 0 Å². The summed E-state index contributed by atoms with van der Waals surface area (Å²) in [4.78, 5) is 13.1. The van der Waals surface area contributed by atoms with Crippen LogP contribution in [0.3, 0.4) is 0 Å². The molecule has 2 aromatic carbocycles. The van der Waals surface area contributed by atoms with Gasteiger partial charge < -0.3 is 25.6 Å². The number of ether oxygens (including phenoxy) is 1. The van der Waals surface area contributed by atoms with E-state index in [9.17, 15) is 9.65 Å². The normalized spacial score (nSPS) is 18.2. The number of benzene rings is 2. The van der Waals surface area contributed by atoms with Gasteiger partial charge in [0.15, 0.2) is 10.9 Å². The maximum atomic E-state index is 16.5. The third-order valence-electron chi connectivity index (χ3n) is 7.52. The fraction of sp³-hybridized carbons (Fsp3) is 0.370. The first-order valence-electron chi connectivity index (χ1n) is 12.8. The lowest BCUT2D eigenvalue weighted by Gasteiger charge is -2.32. The number of nitrogens with two attached hydrogens (primary N) is 1. The molecule has 0 bridgehead atoms. The van der Waals surface area contributed by atoms with Gasteiger partial charge in [-0.15, -0.1) is 0 Å². The van der Waals surface area contributed by atoms with E-state index >= 15 is 4.39 Å². The molecular formula is C27H26ClF2N7OS. The Bertz CT molecular complexity index is 1630. The van der Waals surface area contributed by atoms with Crippen molar-refractivity contribution >= 4 is 54.9 Å². The average Bonchev–Trinajstić information content (AvgIpc) is 3.53. The van der Waals surface area contributed by atoms with E-state index in [2.05, 4.69) is 26.3 Å². The zero-order valence-corrected chi connectivity index (χ0v) is 22.8. The maximum absolute atomic E-state index is 16.5. The average molecular weight is 570 g/mol. The lowest BCUT2D eigenvalue weighted by Crippen LogP contribution is -2.44. The summed E-state index contributed by atoms with van der Waals surface area (Å²) < 4.78 is 37.4. The van der Waals surface area contributed by atoms with Gasteiger partial charge in [-0.1, -0.05) is 22.9 Å². The van der Waals surface area contributed by atoms with Crippen molar-refractivity contribution in [1.82, 2.24) is 20.2 Å². The van der Waals surface area contributed by atoms with Gasteiger partial charge in [-0.05, 0) is 44.6 Å². The van der Waals surface area contributed by atoms with Crippen LogP contribution in [-0.4, -0.2) is 67.3 Å². The zero-order valence-electron chi connectivity index (χ0n) is 21.2. The minimum atomic E-state index is -0.694. The Balaban J connectivity index is 1.57. The Labute approximate surface area is 232 Å². The van der Waals surface area contributed by atoms with Crippen molar-refractivity contribution in [3.05, 3.63) is 40.4 Å². The van der Waals surface area contributed by atoms with Crippen molar-refractivity contribution in [3.8, 4) is 23.1 Å². The van der Waals surface area contributed by atoms with E-state index in [1.54, 1.807) is 6.07 Å². The van der Waals surface area contributed by atoms with E-state index in [1.165, 1.54) is 12.1 Å². The van der Waals surface area contributed by atoms with Crippen molar-refractivity contribution in [3.63, 3.8) is 0 Å². The second-order valence-corrected chi connectivity index (χ2v) is 11.3. The Hall–Kier alpha value is -3.30. The Morgan fingerprint density at radius 2 is 2.03 bits per heavy atom. The van der Waals surface area contributed by atoms with Crippen LogP contribution in [0.2, 0.25) is 5.02 Å². The van der Waals surface area contributed by atoms with Gasteiger partial charge in [-0.3, -0.25) is 0 Å². The lowest BCUT2D eigenvalue weighted by atomic mass is 9.99. The molecule has 12 heteroatoms. The monoisotopic (exact) mass is 569 g/mol. The molecule has 39 heavy (non-hydrogen) atoms. The molecule has 0 unspecified atom stereocenters. The number of fused-ring (bicyclic) bond motifs is 2. The van der Waals surface area contributed by atoms with Gasteiger partial charge in [0.2, 0.25) is 5.88 Å². The summed E-state index contributed by atoms with van der Waals surface area (Å²) in [6.45, 7) is 3.98. The number of hydrogen-bond donors (Lipinski definition) is 2. The fourth-order valence-corrected chi connectivity index (χ4v) is 6.58. The van der Waals surface area contributed by atoms with Crippen LogP contribution < -0.4 is 20.7 Å².